The number of nitrogens with one attached hydrogen (secondary N) is 1. The minimum absolute atomic E-state index is 0.0671. The fraction of sp³-hybridized carbons (Fsp3) is 0.0909. The van der Waals surface area contributed by atoms with Crippen molar-refractivity contribution in [1.29, 1.82) is 0 Å². The molecule has 0 bridgehead atoms. The van der Waals surface area contributed by atoms with E-state index in [-0.39, 0.29) is 17.7 Å². The predicted molar refractivity (Wildman–Crippen MR) is 54.7 cm³/mol. The summed E-state index contributed by atoms with van der Waals surface area (Å²) in [4.78, 5) is 16.9. The van der Waals surface area contributed by atoms with Crippen LogP contribution in [0.15, 0.2) is 24.4 Å². The quantitative estimate of drug-likeness (QED) is 0.859. The van der Waals surface area contributed by atoms with Gasteiger partial charge in [-0.25, -0.2) is 18.6 Å². The number of rotatable bonds is 3. The Balaban J connectivity index is 2.22. The van der Waals surface area contributed by atoms with Crippen LogP contribution in [0.25, 0.3) is 0 Å². The summed E-state index contributed by atoms with van der Waals surface area (Å²) in [6.45, 7) is 0. The van der Waals surface area contributed by atoms with E-state index in [4.69, 9.17) is 5.11 Å². The number of imidazole rings is 1. The summed E-state index contributed by atoms with van der Waals surface area (Å²) in [6.07, 6.45) is 1.23. The molecule has 0 amide bonds. The molecule has 2 N–H and O–H groups in total. The summed E-state index contributed by atoms with van der Waals surface area (Å²) in [5, 5.41) is 8.66. The van der Waals surface area contributed by atoms with Gasteiger partial charge in [-0.05, 0) is 11.6 Å². The first-order valence-electron chi connectivity index (χ1n) is 4.77. The first-order chi connectivity index (χ1) is 8.06. The van der Waals surface area contributed by atoms with Crippen LogP contribution >= 0.6 is 0 Å². The normalized spacial score (nSPS) is 10.5. The number of carboxylic acids is 1. The molecule has 2 rings (SSSR count). The number of carboxylic acid groups (broad SMARTS) is 1. The molecule has 17 heavy (non-hydrogen) atoms. The molecule has 0 atom stereocenters. The highest BCUT2D eigenvalue weighted by Gasteiger charge is 2.10. The third kappa shape index (κ3) is 2.47. The molecule has 0 fully saturated rings. The number of hydrogen-bond acceptors (Lipinski definition) is 2. The van der Waals surface area contributed by atoms with E-state index in [1.807, 2.05) is 0 Å². The number of aromatic amines is 1. The van der Waals surface area contributed by atoms with Crippen molar-refractivity contribution in [1.82, 2.24) is 9.97 Å². The Hall–Kier alpha value is -2.24. The Morgan fingerprint density at radius 1 is 1.41 bits per heavy atom. The number of benzene rings is 1. The maximum Gasteiger partial charge on any atom is 0.353 e. The topological polar surface area (TPSA) is 66.0 Å². The van der Waals surface area contributed by atoms with Crippen LogP contribution in [0, 0.1) is 11.6 Å². The summed E-state index contributed by atoms with van der Waals surface area (Å²) < 4.78 is 26.0. The van der Waals surface area contributed by atoms with Crippen molar-refractivity contribution in [3.63, 3.8) is 0 Å². The van der Waals surface area contributed by atoms with Crippen molar-refractivity contribution in [3.05, 3.63) is 53.1 Å². The summed E-state index contributed by atoms with van der Waals surface area (Å²) in [7, 11) is 0. The van der Waals surface area contributed by atoms with Gasteiger partial charge < -0.3 is 10.1 Å². The molecule has 1 heterocycles. The molecule has 6 heteroatoms. The lowest BCUT2D eigenvalue weighted by atomic mass is 10.1. The molecule has 88 valence electrons. The van der Waals surface area contributed by atoms with E-state index < -0.39 is 17.6 Å². The smallest absolute Gasteiger partial charge is 0.353 e. The third-order valence-electron chi connectivity index (χ3n) is 2.23. The van der Waals surface area contributed by atoms with Crippen molar-refractivity contribution >= 4 is 5.97 Å². The molecule has 0 radical (unpaired) electrons. The third-order valence-corrected chi connectivity index (χ3v) is 2.23. The van der Waals surface area contributed by atoms with Crippen LogP contribution in [0.2, 0.25) is 0 Å². The molecule has 0 aliphatic heterocycles. The zero-order valence-corrected chi connectivity index (χ0v) is 8.58. The minimum Gasteiger partial charge on any atom is -0.477 e. The maximum absolute atomic E-state index is 13.3. The van der Waals surface area contributed by atoms with Crippen LogP contribution in [0.3, 0.4) is 0 Å². The lowest BCUT2D eigenvalue weighted by molar-refractivity contribution is 0.0691. The molecule has 2 aromatic rings. The van der Waals surface area contributed by atoms with E-state index in [1.54, 1.807) is 0 Å². The van der Waals surface area contributed by atoms with Gasteiger partial charge in [0, 0.05) is 12.5 Å². The highest BCUT2D eigenvalue weighted by Crippen LogP contribution is 2.13. The first kappa shape index (κ1) is 11.3. The van der Waals surface area contributed by atoms with Gasteiger partial charge >= 0.3 is 5.97 Å². The van der Waals surface area contributed by atoms with Gasteiger partial charge in [0.1, 0.15) is 23.2 Å². The summed E-state index contributed by atoms with van der Waals surface area (Å²) in [5.41, 5.74) is 0.181. The maximum atomic E-state index is 13.3. The van der Waals surface area contributed by atoms with E-state index in [1.165, 1.54) is 6.07 Å². The lowest BCUT2D eigenvalue weighted by Crippen LogP contribution is -1.98. The van der Waals surface area contributed by atoms with Gasteiger partial charge in [-0.3, -0.25) is 0 Å². The fourth-order valence-electron chi connectivity index (χ4n) is 1.41. The van der Waals surface area contributed by atoms with Gasteiger partial charge in [0.05, 0.1) is 6.20 Å². The molecular weight excluding hydrogens is 230 g/mol. The molecule has 1 aromatic carbocycles. The molecule has 0 aliphatic rings. The van der Waals surface area contributed by atoms with Gasteiger partial charge in [-0.15, -0.1) is 0 Å². The Morgan fingerprint density at radius 3 is 2.76 bits per heavy atom. The highest BCUT2D eigenvalue weighted by molar-refractivity contribution is 5.85. The minimum atomic E-state index is -1.14. The van der Waals surface area contributed by atoms with Gasteiger partial charge in [0.2, 0.25) is 0 Å². The molecular formula is C11H8F2N2O2. The average molecular weight is 238 g/mol. The molecule has 0 spiro atoms. The van der Waals surface area contributed by atoms with Crippen molar-refractivity contribution in [3.8, 4) is 0 Å². The predicted octanol–water partition coefficient (Wildman–Crippen LogP) is 1.98. The van der Waals surface area contributed by atoms with Crippen LogP contribution in [0.5, 0.6) is 0 Å². The Bertz CT molecular complexity index is 566. The van der Waals surface area contributed by atoms with E-state index in [9.17, 15) is 13.6 Å². The Kier molecular flexibility index (Phi) is 2.86. The standard InChI is InChI=1S/C11H8F2N2O2/c12-7-2-1-6(8(13)4-7)3-10-14-5-9(15-10)11(16)17/h1-2,4-5H,3H2,(H,14,15)(H,16,17). The molecule has 1 aromatic heterocycles. The largest absolute Gasteiger partial charge is 0.477 e. The van der Waals surface area contributed by atoms with Crippen LogP contribution in [-0.2, 0) is 6.42 Å². The number of carbonyl (C=O) groups is 1. The van der Waals surface area contributed by atoms with Crippen molar-refractivity contribution in [2.75, 3.05) is 0 Å². The van der Waals surface area contributed by atoms with Gasteiger partial charge in [0.25, 0.3) is 0 Å². The number of aromatic nitrogens is 2. The molecule has 0 aliphatic carbocycles. The Labute approximate surface area is 94.9 Å². The number of hydrogen-bond donors (Lipinski definition) is 2. The monoisotopic (exact) mass is 238 g/mol. The molecule has 4 nitrogen and oxygen atoms in total. The van der Waals surface area contributed by atoms with Crippen LogP contribution in [0.4, 0.5) is 8.78 Å². The fourth-order valence-corrected chi connectivity index (χ4v) is 1.41. The zero-order chi connectivity index (χ0) is 12.4. The SMILES string of the molecule is O=C(O)c1cnc(Cc2ccc(F)cc2F)[nH]1. The van der Waals surface area contributed by atoms with E-state index in [2.05, 4.69) is 9.97 Å². The van der Waals surface area contributed by atoms with Crippen LogP contribution < -0.4 is 0 Å². The molecule has 0 saturated heterocycles. The van der Waals surface area contributed by atoms with E-state index >= 15 is 0 Å². The summed E-state index contributed by atoms with van der Waals surface area (Å²) in [6, 6.07) is 3.21. The zero-order valence-electron chi connectivity index (χ0n) is 8.58. The lowest BCUT2D eigenvalue weighted by Gasteiger charge is -2.00. The summed E-state index contributed by atoms with van der Waals surface area (Å²) >= 11 is 0. The second-order valence-electron chi connectivity index (χ2n) is 3.46. The van der Waals surface area contributed by atoms with E-state index in [0.717, 1.165) is 18.3 Å². The van der Waals surface area contributed by atoms with Crippen molar-refractivity contribution in [2.45, 2.75) is 6.42 Å². The van der Waals surface area contributed by atoms with Crippen molar-refractivity contribution in [2.24, 2.45) is 0 Å². The number of nitrogens with zero attached hydrogens (tertiary/aromatic N) is 1. The second kappa shape index (κ2) is 4.32. The average Bonchev–Trinajstić information content (AvgIpc) is 2.71. The highest BCUT2D eigenvalue weighted by atomic mass is 19.1. The van der Waals surface area contributed by atoms with Crippen LogP contribution in [-0.4, -0.2) is 21.0 Å². The number of halogens is 2. The van der Waals surface area contributed by atoms with Gasteiger partial charge in [-0.1, -0.05) is 6.07 Å². The number of H-pyrrole nitrogens is 1. The first-order valence-corrected chi connectivity index (χ1v) is 4.77. The van der Waals surface area contributed by atoms with Gasteiger partial charge in [0.15, 0.2) is 0 Å². The number of aromatic carboxylic acids is 1. The second-order valence-corrected chi connectivity index (χ2v) is 3.46. The van der Waals surface area contributed by atoms with Crippen LogP contribution in [0.1, 0.15) is 21.9 Å². The van der Waals surface area contributed by atoms with E-state index in [0.29, 0.717) is 5.82 Å². The van der Waals surface area contributed by atoms with Gasteiger partial charge in [-0.2, -0.15) is 0 Å². The molecule has 0 unspecified atom stereocenters. The Morgan fingerprint density at radius 2 is 2.18 bits per heavy atom. The van der Waals surface area contributed by atoms with Crippen molar-refractivity contribution < 1.29 is 18.7 Å². The summed E-state index contributed by atoms with van der Waals surface area (Å²) in [5.74, 6) is -2.16. The molecule has 0 saturated carbocycles.